The van der Waals surface area contributed by atoms with Crippen molar-refractivity contribution in [2.75, 3.05) is 11.6 Å². The molecule has 1 heterocycles. The van der Waals surface area contributed by atoms with E-state index in [0.29, 0.717) is 5.69 Å². The van der Waals surface area contributed by atoms with Crippen molar-refractivity contribution in [3.63, 3.8) is 0 Å². The van der Waals surface area contributed by atoms with E-state index in [1.165, 1.54) is 5.01 Å². The quantitative estimate of drug-likeness (QED) is 0.901. The van der Waals surface area contributed by atoms with E-state index in [0.717, 1.165) is 5.56 Å². The summed E-state index contributed by atoms with van der Waals surface area (Å²) in [4.78, 5) is 28.5. The molecular weight excluding hydrogens is 304 g/mol. The van der Waals surface area contributed by atoms with E-state index < -0.39 is 0 Å². The number of rotatable bonds is 4. The van der Waals surface area contributed by atoms with E-state index in [1.54, 1.807) is 12.1 Å². The van der Waals surface area contributed by atoms with Gasteiger partial charge in [-0.2, -0.15) is 0 Å². The number of para-hydroxylation sites is 1. The fourth-order valence-electron chi connectivity index (χ4n) is 2.42. The third-order valence-corrected chi connectivity index (χ3v) is 3.72. The Hall–Kier alpha value is -3.15. The average Bonchev–Trinajstić information content (AvgIpc) is 2.63. The molecule has 1 aliphatic rings. The molecule has 0 unspecified atom stereocenters. The highest BCUT2D eigenvalue weighted by atomic mass is 16.2. The summed E-state index contributed by atoms with van der Waals surface area (Å²) in [7, 11) is 0. The minimum absolute atomic E-state index is 0.0651. The first-order valence-electron chi connectivity index (χ1n) is 7.70. The molecule has 6 heteroatoms. The number of hydrazine groups is 1. The maximum absolute atomic E-state index is 12.4. The molecule has 0 saturated carbocycles. The minimum Gasteiger partial charge on any atom is -0.343 e. The number of hydrogen-bond acceptors (Lipinski definition) is 4. The summed E-state index contributed by atoms with van der Waals surface area (Å²) < 4.78 is 0. The Balaban J connectivity index is 1.70. The number of benzene rings is 2. The van der Waals surface area contributed by atoms with Crippen LogP contribution in [-0.2, 0) is 9.59 Å². The van der Waals surface area contributed by atoms with E-state index >= 15 is 0 Å². The standard InChI is InChI=1S/C18H18N4O2/c1-13(14-8-4-2-5-9-14)20-18(24)17-19-12-16(23)22(21-17)15-10-6-3-7-11-15/h2-11,13H,12H2,1H3,(H,19,21)(H,20,24)/t13-/m0/s1. The SMILES string of the molecule is C[C@H](NC(=O)C1=NCC(=O)N(c2ccccc2)N1)c1ccccc1. The van der Waals surface area contributed by atoms with Crippen molar-refractivity contribution >= 4 is 23.3 Å². The molecule has 1 atom stereocenters. The van der Waals surface area contributed by atoms with Gasteiger partial charge < -0.3 is 5.32 Å². The topological polar surface area (TPSA) is 73.8 Å². The van der Waals surface area contributed by atoms with E-state index in [-0.39, 0.29) is 30.2 Å². The molecule has 0 fully saturated rings. The molecule has 2 aromatic rings. The molecule has 0 aromatic heterocycles. The van der Waals surface area contributed by atoms with Crippen molar-refractivity contribution in [1.29, 1.82) is 0 Å². The molecule has 24 heavy (non-hydrogen) atoms. The van der Waals surface area contributed by atoms with E-state index in [4.69, 9.17) is 0 Å². The van der Waals surface area contributed by atoms with Crippen LogP contribution in [0.3, 0.4) is 0 Å². The summed E-state index contributed by atoms with van der Waals surface area (Å²) in [6.07, 6.45) is 0. The number of carbonyl (C=O) groups is 2. The van der Waals surface area contributed by atoms with Gasteiger partial charge in [0.1, 0.15) is 6.54 Å². The van der Waals surface area contributed by atoms with Crippen LogP contribution in [0.1, 0.15) is 18.5 Å². The van der Waals surface area contributed by atoms with Crippen molar-refractivity contribution in [1.82, 2.24) is 10.7 Å². The largest absolute Gasteiger partial charge is 0.343 e. The van der Waals surface area contributed by atoms with Crippen molar-refractivity contribution in [2.45, 2.75) is 13.0 Å². The zero-order valence-electron chi connectivity index (χ0n) is 13.3. The third-order valence-electron chi connectivity index (χ3n) is 3.72. The van der Waals surface area contributed by atoms with Crippen LogP contribution >= 0.6 is 0 Å². The first-order chi connectivity index (χ1) is 11.6. The van der Waals surface area contributed by atoms with Gasteiger partial charge in [0, 0.05) is 0 Å². The summed E-state index contributed by atoms with van der Waals surface area (Å²) in [6.45, 7) is 1.83. The summed E-state index contributed by atoms with van der Waals surface area (Å²) >= 11 is 0. The zero-order chi connectivity index (χ0) is 16.9. The molecule has 0 bridgehead atoms. The molecule has 1 aliphatic heterocycles. The first kappa shape index (κ1) is 15.7. The number of amides is 2. The van der Waals surface area contributed by atoms with Crippen molar-refractivity contribution in [3.8, 4) is 0 Å². The lowest BCUT2D eigenvalue weighted by Crippen LogP contribution is -2.56. The van der Waals surface area contributed by atoms with Crippen LogP contribution in [0.2, 0.25) is 0 Å². The molecule has 0 saturated heterocycles. The molecule has 122 valence electrons. The minimum atomic E-state index is -0.347. The lowest BCUT2D eigenvalue weighted by atomic mass is 10.1. The van der Waals surface area contributed by atoms with Gasteiger partial charge in [0.25, 0.3) is 11.8 Å². The molecule has 0 radical (unpaired) electrons. The summed E-state index contributed by atoms with van der Waals surface area (Å²) in [5.74, 6) is -0.435. The van der Waals surface area contributed by atoms with Gasteiger partial charge in [-0.1, -0.05) is 48.5 Å². The fourth-order valence-corrected chi connectivity index (χ4v) is 2.42. The highest BCUT2D eigenvalue weighted by molar-refractivity contribution is 6.39. The summed E-state index contributed by atoms with van der Waals surface area (Å²) in [5, 5.41) is 4.22. The predicted molar refractivity (Wildman–Crippen MR) is 92.4 cm³/mol. The molecule has 0 spiro atoms. The molecule has 2 N–H and O–H groups in total. The van der Waals surface area contributed by atoms with Crippen LogP contribution in [0.15, 0.2) is 65.7 Å². The average molecular weight is 322 g/mol. The number of nitrogens with zero attached hydrogens (tertiary/aromatic N) is 2. The molecule has 2 amide bonds. The number of anilines is 1. The van der Waals surface area contributed by atoms with Crippen LogP contribution in [-0.4, -0.2) is 24.2 Å². The zero-order valence-corrected chi connectivity index (χ0v) is 13.3. The maximum Gasteiger partial charge on any atom is 0.288 e. The van der Waals surface area contributed by atoms with Gasteiger partial charge in [-0.05, 0) is 24.6 Å². The smallest absolute Gasteiger partial charge is 0.288 e. The van der Waals surface area contributed by atoms with Crippen LogP contribution in [0.4, 0.5) is 5.69 Å². The molecule has 0 aliphatic carbocycles. The van der Waals surface area contributed by atoms with Gasteiger partial charge in [0.05, 0.1) is 11.7 Å². The number of aliphatic imine (C=N–C) groups is 1. The summed E-state index contributed by atoms with van der Waals surface area (Å²) in [6, 6.07) is 18.6. The first-order valence-corrected chi connectivity index (χ1v) is 7.70. The number of hydrogen-bond donors (Lipinski definition) is 2. The second-order valence-corrected chi connectivity index (χ2v) is 5.45. The summed E-state index contributed by atoms with van der Waals surface area (Å²) in [5.41, 5.74) is 4.46. The third kappa shape index (κ3) is 3.43. The number of amidine groups is 1. The van der Waals surface area contributed by atoms with Crippen molar-refractivity contribution in [2.24, 2.45) is 4.99 Å². The molecule has 3 rings (SSSR count). The van der Waals surface area contributed by atoms with Crippen LogP contribution in [0, 0.1) is 0 Å². The van der Waals surface area contributed by atoms with Crippen molar-refractivity contribution < 1.29 is 9.59 Å². The van der Waals surface area contributed by atoms with Gasteiger partial charge >= 0.3 is 0 Å². The second kappa shape index (κ2) is 6.95. The Morgan fingerprint density at radius 3 is 2.42 bits per heavy atom. The highest BCUT2D eigenvalue weighted by Gasteiger charge is 2.26. The lowest BCUT2D eigenvalue weighted by molar-refractivity contribution is -0.118. The highest BCUT2D eigenvalue weighted by Crippen LogP contribution is 2.14. The van der Waals surface area contributed by atoms with Gasteiger partial charge in [0.2, 0.25) is 5.84 Å². The van der Waals surface area contributed by atoms with Crippen LogP contribution < -0.4 is 15.8 Å². The molecule has 6 nitrogen and oxygen atoms in total. The lowest BCUT2D eigenvalue weighted by Gasteiger charge is -2.28. The Labute approximate surface area is 140 Å². The Morgan fingerprint density at radius 2 is 1.75 bits per heavy atom. The Morgan fingerprint density at radius 1 is 1.12 bits per heavy atom. The van der Waals surface area contributed by atoms with Crippen LogP contribution in [0.25, 0.3) is 0 Å². The number of carbonyl (C=O) groups excluding carboxylic acids is 2. The van der Waals surface area contributed by atoms with Gasteiger partial charge in [-0.15, -0.1) is 0 Å². The molecular formula is C18H18N4O2. The predicted octanol–water partition coefficient (Wildman–Crippen LogP) is 1.81. The van der Waals surface area contributed by atoms with Gasteiger partial charge in [-0.25, -0.2) is 5.01 Å². The second-order valence-electron chi connectivity index (χ2n) is 5.45. The van der Waals surface area contributed by atoms with E-state index in [1.807, 2.05) is 55.5 Å². The fraction of sp³-hybridized carbons (Fsp3) is 0.167. The van der Waals surface area contributed by atoms with Crippen LogP contribution in [0.5, 0.6) is 0 Å². The van der Waals surface area contributed by atoms with Crippen molar-refractivity contribution in [3.05, 3.63) is 66.2 Å². The normalized spacial score (nSPS) is 15.3. The molecule has 2 aromatic carbocycles. The Kier molecular flexibility index (Phi) is 4.56. The van der Waals surface area contributed by atoms with E-state index in [9.17, 15) is 9.59 Å². The maximum atomic E-state index is 12.4. The van der Waals surface area contributed by atoms with Gasteiger partial charge in [-0.3, -0.25) is 20.0 Å². The number of nitrogens with one attached hydrogen (secondary N) is 2. The van der Waals surface area contributed by atoms with Gasteiger partial charge in [0.15, 0.2) is 0 Å². The van der Waals surface area contributed by atoms with E-state index in [2.05, 4.69) is 15.7 Å². The Bertz CT molecular complexity index is 759. The monoisotopic (exact) mass is 322 g/mol.